The zero-order valence-electron chi connectivity index (χ0n) is 11.9. The lowest BCUT2D eigenvalue weighted by molar-refractivity contribution is 0.500. The van der Waals surface area contributed by atoms with Gasteiger partial charge in [-0.1, -0.05) is 24.3 Å². The summed E-state index contributed by atoms with van der Waals surface area (Å²) < 4.78 is 5.89. The summed E-state index contributed by atoms with van der Waals surface area (Å²) >= 11 is 0. The van der Waals surface area contributed by atoms with Crippen LogP contribution < -0.4 is 4.90 Å². The molecule has 0 N–H and O–H groups in total. The largest absolute Gasteiger partial charge is 0.459 e. The van der Waals surface area contributed by atoms with Crippen LogP contribution in [0.15, 0.2) is 52.9 Å². The highest BCUT2D eigenvalue weighted by atomic mass is 16.3. The van der Waals surface area contributed by atoms with Gasteiger partial charge in [-0.3, -0.25) is 0 Å². The molecule has 3 rings (SSSR count). The van der Waals surface area contributed by atoms with Crippen molar-refractivity contribution in [1.82, 2.24) is 4.98 Å². The van der Waals surface area contributed by atoms with E-state index in [-0.39, 0.29) is 6.04 Å². The van der Waals surface area contributed by atoms with Crippen molar-refractivity contribution in [3.63, 3.8) is 0 Å². The van der Waals surface area contributed by atoms with Gasteiger partial charge in [-0.15, -0.1) is 0 Å². The van der Waals surface area contributed by atoms with Crippen LogP contribution in [-0.4, -0.2) is 12.0 Å². The van der Waals surface area contributed by atoms with Crippen molar-refractivity contribution >= 4 is 16.8 Å². The molecular formula is C17H15N3O. The molecule has 0 fully saturated rings. The fraction of sp³-hybridized carbons (Fsp3) is 0.176. The quantitative estimate of drug-likeness (QED) is 0.728. The van der Waals surface area contributed by atoms with Crippen molar-refractivity contribution in [3.05, 3.63) is 60.0 Å². The normalized spacial score (nSPS) is 12.0. The summed E-state index contributed by atoms with van der Waals surface area (Å²) in [7, 11) is 1.95. The summed E-state index contributed by atoms with van der Waals surface area (Å²) in [6.07, 6.45) is 0. The smallest absolute Gasteiger partial charge is 0.142 e. The monoisotopic (exact) mass is 277 g/mol. The third-order valence-electron chi connectivity index (χ3n) is 3.65. The minimum atomic E-state index is 0.0267. The first-order valence-electron chi connectivity index (χ1n) is 6.77. The van der Waals surface area contributed by atoms with Crippen molar-refractivity contribution in [1.29, 1.82) is 5.26 Å². The summed E-state index contributed by atoms with van der Waals surface area (Å²) in [6, 6.07) is 17.5. The van der Waals surface area contributed by atoms with Crippen molar-refractivity contribution in [2.45, 2.75) is 13.0 Å². The van der Waals surface area contributed by atoms with E-state index in [2.05, 4.69) is 18.0 Å². The molecule has 3 aromatic rings. The standard InChI is InChI=1S/C17H15N3O/c1-12(16-10-13-6-3-4-8-15(13)21-16)20(2)17-9-5-7-14(11-18)19-17/h3-10,12H,1-2H3. The van der Waals surface area contributed by atoms with Crippen molar-refractivity contribution in [3.8, 4) is 6.07 Å². The molecule has 2 heterocycles. The molecule has 21 heavy (non-hydrogen) atoms. The SMILES string of the molecule is CC(c1cc2ccccc2o1)N(C)c1cccc(C#N)n1. The molecule has 0 spiro atoms. The van der Waals surface area contributed by atoms with E-state index < -0.39 is 0 Å². The Morgan fingerprint density at radius 3 is 2.76 bits per heavy atom. The van der Waals surface area contributed by atoms with Gasteiger partial charge in [0.25, 0.3) is 0 Å². The van der Waals surface area contributed by atoms with E-state index in [1.54, 1.807) is 6.07 Å². The van der Waals surface area contributed by atoms with Gasteiger partial charge in [-0.25, -0.2) is 4.98 Å². The van der Waals surface area contributed by atoms with Gasteiger partial charge in [0.2, 0.25) is 0 Å². The summed E-state index contributed by atoms with van der Waals surface area (Å²) in [6.45, 7) is 2.05. The second-order valence-corrected chi connectivity index (χ2v) is 4.97. The number of para-hydroxylation sites is 1. The number of rotatable bonds is 3. The zero-order valence-corrected chi connectivity index (χ0v) is 11.9. The Morgan fingerprint density at radius 2 is 2.00 bits per heavy atom. The third kappa shape index (κ3) is 2.46. The summed E-state index contributed by atoms with van der Waals surface area (Å²) in [5.41, 5.74) is 1.29. The van der Waals surface area contributed by atoms with Crippen LogP contribution in [0.1, 0.15) is 24.4 Å². The molecular weight excluding hydrogens is 262 g/mol. The highest BCUT2D eigenvalue weighted by molar-refractivity contribution is 5.77. The molecule has 0 saturated carbocycles. The molecule has 0 bridgehead atoms. The maximum absolute atomic E-state index is 8.95. The Balaban J connectivity index is 1.93. The number of aromatic nitrogens is 1. The Morgan fingerprint density at radius 1 is 1.19 bits per heavy atom. The first kappa shape index (κ1) is 13.2. The van der Waals surface area contributed by atoms with E-state index in [0.717, 1.165) is 22.5 Å². The van der Waals surface area contributed by atoms with Gasteiger partial charge >= 0.3 is 0 Å². The fourth-order valence-corrected chi connectivity index (χ4v) is 2.28. The van der Waals surface area contributed by atoms with Crippen LogP contribution in [0.4, 0.5) is 5.82 Å². The highest BCUT2D eigenvalue weighted by Gasteiger charge is 2.17. The lowest BCUT2D eigenvalue weighted by Crippen LogP contribution is -2.22. The number of anilines is 1. The Bertz CT molecular complexity index is 783. The van der Waals surface area contributed by atoms with Crippen molar-refractivity contribution < 1.29 is 4.42 Å². The van der Waals surface area contributed by atoms with Crippen LogP contribution in [0.2, 0.25) is 0 Å². The molecule has 0 amide bonds. The number of furan rings is 1. The highest BCUT2D eigenvalue weighted by Crippen LogP contribution is 2.28. The summed E-state index contributed by atoms with van der Waals surface area (Å²) in [4.78, 5) is 6.31. The van der Waals surface area contributed by atoms with E-state index in [1.807, 2.05) is 54.4 Å². The van der Waals surface area contributed by atoms with E-state index in [9.17, 15) is 0 Å². The van der Waals surface area contributed by atoms with E-state index in [0.29, 0.717) is 5.69 Å². The number of pyridine rings is 1. The van der Waals surface area contributed by atoms with Gasteiger partial charge in [0.05, 0.1) is 6.04 Å². The number of nitrogens with zero attached hydrogens (tertiary/aromatic N) is 3. The van der Waals surface area contributed by atoms with Crippen LogP contribution in [-0.2, 0) is 0 Å². The number of benzene rings is 1. The second kappa shape index (κ2) is 5.29. The first-order chi connectivity index (χ1) is 10.2. The molecule has 1 unspecified atom stereocenters. The average Bonchev–Trinajstić information content (AvgIpc) is 2.97. The molecule has 0 saturated heterocycles. The zero-order chi connectivity index (χ0) is 14.8. The summed E-state index contributed by atoms with van der Waals surface area (Å²) in [5, 5.41) is 10.0. The molecule has 0 aliphatic heterocycles. The average molecular weight is 277 g/mol. The molecule has 104 valence electrons. The van der Waals surface area contributed by atoms with Crippen LogP contribution in [0.3, 0.4) is 0 Å². The molecule has 0 radical (unpaired) electrons. The van der Waals surface area contributed by atoms with E-state index in [4.69, 9.17) is 9.68 Å². The predicted octanol–water partition coefficient (Wildman–Crippen LogP) is 3.90. The predicted molar refractivity (Wildman–Crippen MR) is 82.0 cm³/mol. The molecule has 1 aromatic carbocycles. The topological polar surface area (TPSA) is 53.1 Å². The van der Waals surface area contributed by atoms with Crippen molar-refractivity contribution in [2.24, 2.45) is 0 Å². The fourth-order valence-electron chi connectivity index (χ4n) is 2.28. The molecule has 0 aliphatic rings. The van der Waals surface area contributed by atoms with Gasteiger partial charge in [0.15, 0.2) is 0 Å². The van der Waals surface area contributed by atoms with Gasteiger partial charge in [-0.2, -0.15) is 5.26 Å². The van der Waals surface area contributed by atoms with Gasteiger partial charge < -0.3 is 9.32 Å². The maximum atomic E-state index is 8.95. The lowest BCUT2D eigenvalue weighted by atomic mass is 10.2. The maximum Gasteiger partial charge on any atom is 0.142 e. The minimum Gasteiger partial charge on any atom is -0.459 e. The first-order valence-corrected chi connectivity index (χ1v) is 6.77. The number of hydrogen-bond donors (Lipinski definition) is 0. The molecule has 2 aromatic heterocycles. The van der Waals surface area contributed by atoms with E-state index in [1.165, 1.54) is 0 Å². The third-order valence-corrected chi connectivity index (χ3v) is 3.65. The van der Waals surface area contributed by atoms with Crippen LogP contribution in [0.5, 0.6) is 0 Å². The second-order valence-electron chi connectivity index (χ2n) is 4.97. The number of hydrogen-bond acceptors (Lipinski definition) is 4. The van der Waals surface area contributed by atoms with Crippen LogP contribution in [0, 0.1) is 11.3 Å². The molecule has 1 atom stereocenters. The van der Waals surface area contributed by atoms with Gasteiger partial charge in [-0.05, 0) is 31.2 Å². The van der Waals surface area contributed by atoms with Gasteiger partial charge in [0.1, 0.15) is 28.9 Å². The lowest BCUT2D eigenvalue weighted by Gasteiger charge is -2.24. The summed E-state index contributed by atoms with van der Waals surface area (Å²) in [5.74, 6) is 1.63. The molecule has 4 nitrogen and oxygen atoms in total. The molecule has 0 aliphatic carbocycles. The minimum absolute atomic E-state index is 0.0267. The Labute approximate surface area is 123 Å². The number of fused-ring (bicyclic) bond motifs is 1. The van der Waals surface area contributed by atoms with Crippen LogP contribution in [0.25, 0.3) is 11.0 Å². The Kier molecular flexibility index (Phi) is 3.33. The van der Waals surface area contributed by atoms with E-state index >= 15 is 0 Å². The van der Waals surface area contributed by atoms with Crippen molar-refractivity contribution in [2.75, 3.05) is 11.9 Å². The molecule has 4 heteroatoms. The Hall–Kier alpha value is -2.80. The number of nitriles is 1. The van der Waals surface area contributed by atoms with Crippen LogP contribution >= 0.6 is 0 Å². The van der Waals surface area contributed by atoms with Gasteiger partial charge in [0, 0.05) is 12.4 Å².